The number of hydrogen-bond acceptors (Lipinski definition) is 3. The second-order valence-electron chi connectivity index (χ2n) is 8.08. The zero-order chi connectivity index (χ0) is 21.8. The van der Waals surface area contributed by atoms with E-state index < -0.39 is 15.4 Å². The molecule has 0 saturated carbocycles. The molecule has 0 aliphatic heterocycles. The van der Waals surface area contributed by atoms with E-state index in [9.17, 15) is 9.13 Å². The van der Waals surface area contributed by atoms with Gasteiger partial charge in [-0.15, -0.1) is 0 Å². The third-order valence-electron chi connectivity index (χ3n) is 5.10. The molecule has 0 fully saturated rings. The van der Waals surface area contributed by atoms with Gasteiger partial charge in [-0.25, -0.2) is 4.57 Å². The van der Waals surface area contributed by atoms with E-state index in [0.29, 0.717) is 12.8 Å². The lowest BCUT2D eigenvalue weighted by atomic mass is 10.0. The van der Waals surface area contributed by atoms with E-state index in [4.69, 9.17) is 19.6 Å². The summed E-state index contributed by atoms with van der Waals surface area (Å²) >= 11 is 0. The van der Waals surface area contributed by atoms with Crippen LogP contribution in [0.1, 0.15) is 116 Å². The smallest absolute Gasteiger partial charge is 0.324 e. The molecule has 0 atom stereocenters. The molecule has 0 unspecified atom stereocenters. The molecule has 7 nitrogen and oxygen atoms in total. The first-order valence-electron chi connectivity index (χ1n) is 11.5. The molecule has 0 aromatic rings. The van der Waals surface area contributed by atoms with Crippen molar-refractivity contribution >= 4 is 15.4 Å². The number of rotatable bonds is 22. The number of unbranched alkanes of at least 4 members (excludes halogenated alkanes) is 17. The summed E-state index contributed by atoms with van der Waals surface area (Å²) in [7, 11) is -8.08. The Labute approximate surface area is 177 Å². The summed E-state index contributed by atoms with van der Waals surface area (Å²) < 4.78 is 25.6. The SMILES string of the molecule is O=P(O)(O)CCCCCCCCCCCCCCCCCCCCOP(=O)(O)O. The Hall–Kier alpha value is 0.260. The zero-order valence-electron chi connectivity index (χ0n) is 18.1. The van der Waals surface area contributed by atoms with Crippen molar-refractivity contribution in [2.24, 2.45) is 0 Å². The normalized spacial score (nSPS) is 12.6. The summed E-state index contributed by atoms with van der Waals surface area (Å²) in [6, 6.07) is 0. The Kier molecular flexibility index (Phi) is 19.2. The average Bonchev–Trinajstić information content (AvgIpc) is 2.61. The van der Waals surface area contributed by atoms with Crippen LogP contribution < -0.4 is 0 Å². The van der Waals surface area contributed by atoms with Crippen LogP contribution >= 0.6 is 15.4 Å². The number of phosphoric ester groups is 1. The highest BCUT2D eigenvalue weighted by Crippen LogP contribution is 2.36. The largest absolute Gasteiger partial charge is 0.469 e. The lowest BCUT2D eigenvalue weighted by Crippen LogP contribution is -1.92. The van der Waals surface area contributed by atoms with Gasteiger partial charge in [0.05, 0.1) is 6.61 Å². The van der Waals surface area contributed by atoms with Gasteiger partial charge in [-0.2, -0.15) is 0 Å². The molecule has 0 aromatic heterocycles. The van der Waals surface area contributed by atoms with Gasteiger partial charge in [-0.3, -0.25) is 9.09 Å². The molecule has 9 heteroatoms. The summed E-state index contributed by atoms with van der Waals surface area (Å²) in [6.45, 7) is 0.143. The standard InChI is InChI=1S/C20H44O7P2/c21-28(22,23)20-18-16-14-12-10-8-6-4-2-1-3-5-7-9-11-13-15-17-19-27-29(24,25)26/h1-20H2,(H2,21,22,23)(H2,24,25,26). The third-order valence-corrected chi connectivity index (χ3v) is 6.52. The van der Waals surface area contributed by atoms with E-state index >= 15 is 0 Å². The highest BCUT2D eigenvalue weighted by atomic mass is 31.2. The molecule has 0 bridgehead atoms. The van der Waals surface area contributed by atoms with Gasteiger partial charge >= 0.3 is 15.4 Å². The molecule has 0 aliphatic rings. The van der Waals surface area contributed by atoms with Crippen LogP contribution in [0.25, 0.3) is 0 Å². The fourth-order valence-electron chi connectivity index (χ4n) is 3.43. The maximum absolute atomic E-state index is 10.7. The molecule has 0 aromatic carbocycles. The Bertz CT molecular complexity index is 408. The van der Waals surface area contributed by atoms with E-state index in [1.165, 1.54) is 77.0 Å². The first-order valence-corrected chi connectivity index (χ1v) is 14.8. The molecule has 0 rings (SSSR count). The fraction of sp³-hybridized carbons (Fsp3) is 1.00. The van der Waals surface area contributed by atoms with Gasteiger partial charge in [-0.1, -0.05) is 103 Å². The number of phosphoric acid groups is 1. The molecular formula is C20H44O7P2. The monoisotopic (exact) mass is 458 g/mol. The van der Waals surface area contributed by atoms with E-state index in [0.717, 1.165) is 25.7 Å². The third kappa shape index (κ3) is 28.3. The molecule has 0 radical (unpaired) electrons. The van der Waals surface area contributed by atoms with Crippen molar-refractivity contribution in [3.63, 3.8) is 0 Å². The highest BCUT2D eigenvalue weighted by Gasteiger charge is 2.12. The van der Waals surface area contributed by atoms with E-state index in [2.05, 4.69) is 4.52 Å². The molecule has 29 heavy (non-hydrogen) atoms. The maximum Gasteiger partial charge on any atom is 0.469 e. The lowest BCUT2D eigenvalue weighted by molar-refractivity contribution is 0.193. The van der Waals surface area contributed by atoms with Crippen LogP contribution in [0.15, 0.2) is 0 Å². The van der Waals surface area contributed by atoms with Gasteiger partial charge in [0.15, 0.2) is 0 Å². The molecular weight excluding hydrogens is 414 g/mol. The minimum atomic E-state index is -4.29. The Morgan fingerprint density at radius 3 is 1.00 bits per heavy atom. The van der Waals surface area contributed by atoms with E-state index in [-0.39, 0.29) is 12.8 Å². The average molecular weight is 459 g/mol. The van der Waals surface area contributed by atoms with Gasteiger partial charge in [0.2, 0.25) is 0 Å². The minimum Gasteiger partial charge on any atom is -0.324 e. The second-order valence-corrected chi connectivity index (χ2v) is 11.1. The summed E-state index contributed by atoms with van der Waals surface area (Å²) in [5.74, 6) is 0. The topological polar surface area (TPSA) is 124 Å². The van der Waals surface area contributed by atoms with E-state index in [1.807, 2.05) is 0 Å². The maximum atomic E-state index is 10.7. The fourth-order valence-corrected chi connectivity index (χ4v) is 4.43. The van der Waals surface area contributed by atoms with Crippen molar-refractivity contribution in [2.45, 2.75) is 116 Å². The van der Waals surface area contributed by atoms with Gasteiger partial charge < -0.3 is 19.6 Å². The molecule has 0 aliphatic carbocycles. The van der Waals surface area contributed by atoms with Crippen LogP contribution in [0, 0.1) is 0 Å². The Morgan fingerprint density at radius 1 is 0.448 bits per heavy atom. The minimum absolute atomic E-state index is 0.0320. The summed E-state index contributed by atoms with van der Waals surface area (Å²) in [5.41, 5.74) is 0. The molecule has 0 saturated heterocycles. The van der Waals surface area contributed by atoms with Crippen LogP contribution in [-0.4, -0.2) is 32.3 Å². The molecule has 0 heterocycles. The second kappa shape index (κ2) is 19.0. The van der Waals surface area contributed by atoms with Crippen LogP contribution in [0.4, 0.5) is 0 Å². The predicted molar refractivity (Wildman–Crippen MR) is 118 cm³/mol. The zero-order valence-corrected chi connectivity index (χ0v) is 19.8. The van der Waals surface area contributed by atoms with E-state index in [1.54, 1.807) is 0 Å². The lowest BCUT2D eigenvalue weighted by Gasteiger charge is -2.05. The van der Waals surface area contributed by atoms with Gasteiger partial charge in [0, 0.05) is 6.16 Å². The van der Waals surface area contributed by atoms with Gasteiger partial charge in [0.25, 0.3) is 0 Å². The molecule has 176 valence electrons. The quantitative estimate of drug-likeness (QED) is 0.111. The van der Waals surface area contributed by atoms with Crippen LogP contribution in [0.2, 0.25) is 0 Å². The molecule has 4 N–H and O–H groups in total. The predicted octanol–water partition coefficient (Wildman–Crippen LogP) is 6.30. The summed E-state index contributed by atoms with van der Waals surface area (Å²) in [4.78, 5) is 34.7. The molecule has 0 amide bonds. The summed E-state index contributed by atoms with van der Waals surface area (Å²) in [6.07, 6.45) is 20.7. The van der Waals surface area contributed by atoms with Crippen molar-refractivity contribution in [3.8, 4) is 0 Å². The van der Waals surface area contributed by atoms with Gasteiger partial charge in [0.1, 0.15) is 0 Å². The van der Waals surface area contributed by atoms with Crippen LogP contribution in [-0.2, 0) is 13.7 Å². The first-order chi connectivity index (χ1) is 13.7. The van der Waals surface area contributed by atoms with Crippen molar-refractivity contribution in [3.05, 3.63) is 0 Å². The van der Waals surface area contributed by atoms with Gasteiger partial charge in [-0.05, 0) is 12.8 Å². The Balaban J connectivity index is 3.08. The summed E-state index contributed by atoms with van der Waals surface area (Å²) in [5, 5.41) is 0. The Morgan fingerprint density at radius 2 is 0.724 bits per heavy atom. The van der Waals surface area contributed by atoms with Crippen molar-refractivity contribution in [1.29, 1.82) is 0 Å². The van der Waals surface area contributed by atoms with Crippen molar-refractivity contribution in [1.82, 2.24) is 0 Å². The number of hydrogen-bond donors (Lipinski definition) is 4. The highest BCUT2D eigenvalue weighted by molar-refractivity contribution is 7.51. The van der Waals surface area contributed by atoms with Crippen LogP contribution in [0.3, 0.4) is 0 Å². The molecule has 0 spiro atoms. The van der Waals surface area contributed by atoms with Crippen molar-refractivity contribution < 1.29 is 33.2 Å². The van der Waals surface area contributed by atoms with Crippen molar-refractivity contribution in [2.75, 3.05) is 12.8 Å². The first kappa shape index (κ1) is 29.3. The van der Waals surface area contributed by atoms with Crippen LogP contribution in [0.5, 0.6) is 0 Å².